The SMILES string of the molecule is CCOC(C)C(=O)c1ccc(C)c(F)c1. The van der Waals surface area contributed by atoms with Crippen LogP contribution in [0.5, 0.6) is 0 Å². The van der Waals surface area contributed by atoms with Gasteiger partial charge in [-0.25, -0.2) is 4.39 Å². The van der Waals surface area contributed by atoms with E-state index in [1.807, 2.05) is 6.92 Å². The lowest BCUT2D eigenvalue weighted by Gasteiger charge is -2.10. The van der Waals surface area contributed by atoms with Gasteiger partial charge in [-0.05, 0) is 32.4 Å². The molecule has 1 atom stereocenters. The molecule has 15 heavy (non-hydrogen) atoms. The van der Waals surface area contributed by atoms with E-state index in [-0.39, 0.29) is 11.6 Å². The lowest BCUT2D eigenvalue weighted by Crippen LogP contribution is -2.20. The van der Waals surface area contributed by atoms with Crippen LogP contribution < -0.4 is 0 Å². The summed E-state index contributed by atoms with van der Waals surface area (Å²) in [4.78, 5) is 11.7. The molecule has 1 aromatic carbocycles. The predicted octanol–water partition coefficient (Wildman–Crippen LogP) is 2.74. The molecular weight excluding hydrogens is 195 g/mol. The maximum atomic E-state index is 13.2. The summed E-state index contributed by atoms with van der Waals surface area (Å²) < 4.78 is 18.4. The summed E-state index contributed by atoms with van der Waals surface area (Å²) in [6.45, 7) is 5.62. The number of benzene rings is 1. The largest absolute Gasteiger partial charge is 0.371 e. The molecule has 0 aliphatic heterocycles. The number of carbonyl (C=O) groups excluding carboxylic acids is 1. The average Bonchev–Trinajstić information content (AvgIpc) is 2.21. The third-order valence-corrected chi connectivity index (χ3v) is 2.24. The topological polar surface area (TPSA) is 26.3 Å². The Morgan fingerprint density at radius 1 is 1.53 bits per heavy atom. The fraction of sp³-hybridized carbons (Fsp3) is 0.417. The van der Waals surface area contributed by atoms with Gasteiger partial charge in [-0.2, -0.15) is 0 Å². The molecule has 0 amide bonds. The van der Waals surface area contributed by atoms with Gasteiger partial charge in [0.05, 0.1) is 0 Å². The van der Waals surface area contributed by atoms with Crippen molar-refractivity contribution in [2.75, 3.05) is 6.61 Å². The Hall–Kier alpha value is -1.22. The molecule has 2 nitrogen and oxygen atoms in total. The first-order valence-corrected chi connectivity index (χ1v) is 4.98. The number of Topliss-reactive ketones (excluding diaryl/α,β-unsaturated/α-hetero) is 1. The van der Waals surface area contributed by atoms with Crippen LogP contribution in [-0.4, -0.2) is 18.5 Å². The highest BCUT2D eigenvalue weighted by molar-refractivity contribution is 5.99. The molecule has 0 saturated carbocycles. The van der Waals surface area contributed by atoms with Gasteiger partial charge >= 0.3 is 0 Å². The first kappa shape index (κ1) is 11.9. The Bertz CT molecular complexity index is 361. The fourth-order valence-corrected chi connectivity index (χ4v) is 1.31. The van der Waals surface area contributed by atoms with Crippen LogP contribution >= 0.6 is 0 Å². The summed E-state index contributed by atoms with van der Waals surface area (Å²) in [6, 6.07) is 4.48. The van der Waals surface area contributed by atoms with Crippen molar-refractivity contribution in [1.82, 2.24) is 0 Å². The van der Waals surface area contributed by atoms with Gasteiger partial charge in [-0.3, -0.25) is 4.79 Å². The van der Waals surface area contributed by atoms with Gasteiger partial charge < -0.3 is 4.74 Å². The molecule has 0 radical (unpaired) electrons. The molecule has 0 fully saturated rings. The summed E-state index contributed by atoms with van der Waals surface area (Å²) >= 11 is 0. The first-order valence-electron chi connectivity index (χ1n) is 4.98. The van der Waals surface area contributed by atoms with Gasteiger partial charge in [0, 0.05) is 12.2 Å². The van der Waals surface area contributed by atoms with Gasteiger partial charge in [0.2, 0.25) is 0 Å². The Kier molecular flexibility index (Phi) is 3.97. The van der Waals surface area contributed by atoms with Crippen LogP contribution in [0.25, 0.3) is 0 Å². The van der Waals surface area contributed by atoms with E-state index in [9.17, 15) is 9.18 Å². The smallest absolute Gasteiger partial charge is 0.191 e. The van der Waals surface area contributed by atoms with Gasteiger partial charge in [0.25, 0.3) is 0 Å². The number of carbonyl (C=O) groups is 1. The standard InChI is InChI=1S/C12H15FO2/c1-4-15-9(3)12(14)10-6-5-8(2)11(13)7-10/h5-7,9H,4H2,1-3H3. The summed E-state index contributed by atoms with van der Waals surface area (Å²) in [7, 11) is 0. The van der Waals surface area contributed by atoms with E-state index < -0.39 is 6.10 Å². The second kappa shape index (κ2) is 5.03. The number of hydrogen-bond acceptors (Lipinski definition) is 2. The quantitative estimate of drug-likeness (QED) is 0.714. The summed E-state index contributed by atoms with van der Waals surface area (Å²) in [5.41, 5.74) is 0.898. The van der Waals surface area contributed by atoms with Crippen molar-refractivity contribution in [3.05, 3.63) is 35.1 Å². The maximum Gasteiger partial charge on any atom is 0.191 e. The zero-order valence-electron chi connectivity index (χ0n) is 9.21. The number of rotatable bonds is 4. The number of hydrogen-bond donors (Lipinski definition) is 0. The average molecular weight is 210 g/mol. The van der Waals surface area contributed by atoms with Crippen molar-refractivity contribution in [3.8, 4) is 0 Å². The Labute approximate surface area is 89.1 Å². The zero-order valence-corrected chi connectivity index (χ0v) is 9.21. The predicted molar refractivity (Wildman–Crippen MR) is 56.6 cm³/mol. The molecular formula is C12H15FO2. The summed E-state index contributed by atoms with van der Waals surface area (Å²) in [5, 5.41) is 0. The summed E-state index contributed by atoms with van der Waals surface area (Å²) in [5.74, 6) is -0.541. The lowest BCUT2D eigenvalue weighted by atomic mass is 10.1. The molecule has 0 spiro atoms. The molecule has 1 aromatic rings. The minimum absolute atomic E-state index is 0.184. The van der Waals surface area contributed by atoms with Crippen LogP contribution in [0.4, 0.5) is 4.39 Å². The van der Waals surface area contributed by atoms with Crippen LogP contribution in [-0.2, 0) is 4.74 Å². The molecule has 0 saturated heterocycles. The lowest BCUT2D eigenvalue weighted by molar-refractivity contribution is 0.0520. The molecule has 1 rings (SSSR count). The minimum Gasteiger partial charge on any atom is -0.371 e. The molecule has 0 aliphatic rings. The van der Waals surface area contributed by atoms with E-state index in [1.165, 1.54) is 6.07 Å². The molecule has 1 unspecified atom stereocenters. The Morgan fingerprint density at radius 2 is 2.20 bits per heavy atom. The van der Waals surface area contributed by atoms with Gasteiger partial charge in [-0.1, -0.05) is 12.1 Å². The second-order valence-corrected chi connectivity index (χ2v) is 3.43. The van der Waals surface area contributed by atoms with Crippen molar-refractivity contribution >= 4 is 5.78 Å². The molecule has 82 valence electrons. The Balaban J connectivity index is 2.87. The molecule has 0 aliphatic carbocycles. The van der Waals surface area contributed by atoms with Crippen LogP contribution in [0, 0.1) is 12.7 Å². The van der Waals surface area contributed by atoms with Crippen molar-refractivity contribution < 1.29 is 13.9 Å². The zero-order chi connectivity index (χ0) is 11.4. The monoisotopic (exact) mass is 210 g/mol. The first-order chi connectivity index (χ1) is 7.06. The van der Waals surface area contributed by atoms with Crippen LogP contribution in [0.2, 0.25) is 0 Å². The van der Waals surface area contributed by atoms with Crippen molar-refractivity contribution in [1.29, 1.82) is 0 Å². The number of aryl methyl sites for hydroxylation is 1. The highest BCUT2D eigenvalue weighted by Crippen LogP contribution is 2.12. The van der Waals surface area contributed by atoms with E-state index >= 15 is 0 Å². The maximum absolute atomic E-state index is 13.2. The molecule has 0 bridgehead atoms. The van der Waals surface area contributed by atoms with E-state index in [2.05, 4.69) is 0 Å². The van der Waals surface area contributed by atoms with Gasteiger partial charge in [0.1, 0.15) is 11.9 Å². The van der Waals surface area contributed by atoms with E-state index in [1.54, 1.807) is 26.0 Å². The van der Waals surface area contributed by atoms with Crippen molar-refractivity contribution in [2.45, 2.75) is 26.9 Å². The number of halogens is 1. The van der Waals surface area contributed by atoms with Gasteiger partial charge in [0.15, 0.2) is 5.78 Å². The highest BCUT2D eigenvalue weighted by Gasteiger charge is 2.15. The normalized spacial score (nSPS) is 12.5. The number of ketones is 1. The molecule has 0 aromatic heterocycles. The third kappa shape index (κ3) is 2.86. The van der Waals surface area contributed by atoms with Crippen LogP contribution in [0.3, 0.4) is 0 Å². The number of ether oxygens (including phenoxy) is 1. The van der Waals surface area contributed by atoms with E-state index in [0.29, 0.717) is 17.7 Å². The van der Waals surface area contributed by atoms with E-state index in [4.69, 9.17) is 4.74 Å². The Morgan fingerprint density at radius 3 is 2.73 bits per heavy atom. The van der Waals surface area contributed by atoms with Crippen LogP contribution in [0.15, 0.2) is 18.2 Å². The molecule has 0 heterocycles. The van der Waals surface area contributed by atoms with E-state index in [0.717, 1.165) is 0 Å². The second-order valence-electron chi connectivity index (χ2n) is 3.43. The fourth-order valence-electron chi connectivity index (χ4n) is 1.31. The van der Waals surface area contributed by atoms with Crippen molar-refractivity contribution in [2.24, 2.45) is 0 Å². The van der Waals surface area contributed by atoms with Crippen molar-refractivity contribution in [3.63, 3.8) is 0 Å². The van der Waals surface area contributed by atoms with Crippen LogP contribution in [0.1, 0.15) is 29.8 Å². The third-order valence-electron chi connectivity index (χ3n) is 2.24. The minimum atomic E-state index is -0.517. The summed E-state index contributed by atoms with van der Waals surface area (Å²) in [6.07, 6.45) is -0.517. The molecule has 3 heteroatoms. The van der Waals surface area contributed by atoms with Gasteiger partial charge in [-0.15, -0.1) is 0 Å². The highest BCUT2D eigenvalue weighted by atomic mass is 19.1. The molecule has 0 N–H and O–H groups in total.